The molecule has 1 rings (SSSR count). The quantitative estimate of drug-likeness (QED) is 0.655. The van der Waals surface area contributed by atoms with Gasteiger partial charge in [-0.2, -0.15) is 0 Å². The third-order valence-electron chi connectivity index (χ3n) is 3.67. The first kappa shape index (κ1) is 20.1. The number of carbonyl (C=O) groups excluding carboxylic acids is 1. The van der Waals surface area contributed by atoms with Gasteiger partial charge in [-0.05, 0) is 51.5 Å². The first-order valence-electron chi connectivity index (χ1n) is 7.63. The van der Waals surface area contributed by atoms with E-state index in [1.54, 1.807) is 6.92 Å². The lowest BCUT2D eigenvalue weighted by molar-refractivity contribution is -0.146. The van der Waals surface area contributed by atoms with Gasteiger partial charge >= 0.3 is 5.97 Å². The molecule has 24 heavy (non-hydrogen) atoms. The van der Waals surface area contributed by atoms with E-state index in [0.29, 0.717) is 6.42 Å². The Morgan fingerprint density at radius 1 is 1.21 bits per heavy atom. The Balaban J connectivity index is 2.81. The van der Waals surface area contributed by atoms with Crippen LogP contribution in [0.15, 0.2) is 29.2 Å². The van der Waals surface area contributed by atoms with Crippen molar-refractivity contribution in [1.82, 2.24) is 10.0 Å². The van der Waals surface area contributed by atoms with Gasteiger partial charge in [-0.3, -0.25) is 9.59 Å². The van der Waals surface area contributed by atoms with E-state index in [1.807, 2.05) is 6.92 Å². The molecular weight excluding hydrogens is 332 g/mol. The van der Waals surface area contributed by atoms with E-state index >= 15 is 0 Å². The third-order valence-corrected chi connectivity index (χ3v) is 5.27. The van der Waals surface area contributed by atoms with Gasteiger partial charge in [-0.25, -0.2) is 13.1 Å². The largest absolute Gasteiger partial charge is 0.481 e. The summed E-state index contributed by atoms with van der Waals surface area (Å²) in [6.45, 7) is 6.62. The summed E-state index contributed by atoms with van der Waals surface area (Å²) < 4.78 is 26.8. The summed E-state index contributed by atoms with van der Waals surface area (Å²) in [5.41, 5.74) is -0.822. The van der Waals surface area contributed by atoms with E-state index in [0.717, 1.165) is 0 Å². The number of benzene rings is 1. The minimum atomic E-state index is -3.62. The van der Waals surface area contributed by atoms with Crippen LogP contribution in [-0.2, 0) is 14.8 Å². The SMILES string of the molecule is CCC(C)NS(=O)(=O)c1ccc(C(=O)NCC(C)(C)C(=O)O)cc1. The summed E-state index contributed by atoms with van der Waals surface area (Å²) in [5, 5.41) is 11.6. The molecule has 0 fully saturated rings. The van der Waals surface area contributed by atoms with Crippen LogP contribution in [0.25, 0.3) is 0 Å². The topological polar surface area (TPSA) is 113 Å². The predicted octanol–water partition coefficient (Wildman–Crippen LogP) is 1.60. The fraction of sp³-hybridized carbons (Fsp3) is 0.500. The lowest BCUT2D eigenvalue weighted by Crippen LogP contribution is -2.38. The maximum Gasteiger partial charge on any atom is 0.310 e. The summed E-state index contributed by atoms with van der Waals surface area (Å²) in [6.07, 6.45) is 0.666. The summed E-state index contributed by atoms with van der Waals surface area (Å²) in [7, 11) is -3.62. The van der Waals surface area contributed by atoms with Crippen LogP contribution >= 0.6 is 0 Å². The van der Waals surface area contributed by atoms with Crippen molar-refractivity contribution in [3.63, 3.8) is 0 Å². The zero-order valence-corrected chi connectivity index (χ0v) is 15.1. The Morgan fingerprint density at radius 3 is 2.21 bits per heavy atom. The molecule has 0 aliphatic carbocycles. The number of nitrogens with one attached hydrogen (secondary N) is 2. The maximum absolute atomic E-state index is 12.1. The predicted molar refractivity (Wildman–Crippen MR) is 90.3 cm³/mol. The van der Waals surface area contributed by atoms with Crippen molar-refractivity contribution >= 4 is 21.9 Å². The van der Waals surface area contributed by atoms with Crippen molar-refractivity contribution in [3.05, 3.63) is 29.8 Å². The van der Waals surface area contributed by atoms with Crippen molar-refractivity contribution in [2.75, 3.05) is 6.54 Å². The van der Waals surface area contributed by atoms with Gasteiger partial charge in [-0.1, -0.05) is 6.92 Å². The number of rotatable bonds is 8. The number of hydrogen-bond donors (Lipinski definition) is 3. The molecule has 0 bridgehead atoms. The molecule has 1 amide bonds. The lowest BCUT2D eigenvalue weighted by atomic mass is 9.94. The summed E-state index contributed by atoms with van der Waals surface area (Å²) in [6, 6.07) is 5.31. The number of carboxylic acids is 1. The highest BCUT2D eigenvalue weighted by Crippen LogP contribution is 2.15. The van der Waals surface area contributed by atoms with Crippen molar-refractivity contribution in [1.29, 1.82) is 0 Å². The highest BCUT2D eigenvalue weighted by molar-refractivity contribution is 7.89. The van der Waals surface area contributed by atoms with Crippen molar-refractivity contribution < 1.29 is 23.1 Å². The smallest absolute Gasteiger partial charge is 0.310 e. The number of carboxylic acid groups (broad SMARTS) is 1. The van der Waals surface area contributed by atoms with Gasteiger partial charge in [0.15, 0.2) is 0 Å². The van der Waals surface area contributed by atoms with Crippen LogP contribution < -0.4 is 10.0 Å². The van der Waals surface area contributed by atoms with Gasteiger partial charge in [0, 0.05) is 18.2 Å². The Labute approximate surface area is 142 Å². The second-order valence-corrected chi connectivity index (χ2v) is 8.04. The zero-order valence-electron chi connectivity index (χ0n) is 14.3. The molecule has 0 spiro atoms. The third kappa shape index (κ3) is 5.31. The second kappa shape index (κ2) is 7.76. The van der Waals surface area contributed by atoms with Crippen LogP contribution in [-0.4, -0.2) is 38.0 Å². The Hall–Kier alpha value is -1.93. The van der Waals surface area contributed by atoms with E-state index in [-0.39, 0.29) is 23.0 Å². The second-order valence-electron chi connectivity index (χ2n) is 6.33. The Kier molecular flexibility index (Phi) is 6.50. The fourth-order valence-corrected chi connectivity index (χ4v) is 3.01. The molecule has 1 aromatic carbocycles. The summed E-state index contributed by atoms with van der Waals surface area (Å²) in [4.78, 5) is 23.1. The van der Waals surface area contributed by atoms with Crippen LogP contribution in [0.4, 0.5) is 0 Å². The van der Waals surface area contributed by atoms with E-state index in [2.05, 4.69) is 10.0 Å². The van der Waals surface area contributed by atoms with E-state index in [4.69, 9.17) is 5.11 Å². The molecule has 1 aromatic rings. The van der Waals surface area contributed by atoms with Crippen LogP contribution in [0.2, 0.25) is 0 Å². The molecule has 7 nitrogen and oxygen atoms in total. The first-order valence-corrected chi connectivity index (χ1v) is 9.12. The van der Waals surface area contributed by atoms with Crippen LogP contribution in [0.3, 0.4) is 0 Å². The minimum Gasteiger partial charge on any atom is -0.481 e. The maximum atomic E-state index is 12.1. The van der Waals surface area contributed by atoms with Crippen molar-refractivity contribution in [3.8, 4) is 0 Å². The van der Waals surface area contributed by atoms with Gasteiger partial charge in [0.05, 0.1) is 10.3 Å². The number of sulfonamides is 1. The normalized spacial score (nSPS) is 13.3. The first-order chi connectivity index (χ1) is 11.0. The number of carbonyl (C=O) groups is 2. The lowest BCUT2D eigenvalue weighted by Gasteiger charge is -2.19. The van der Waals surface area contributed by atoms with Gasteiger partial charge in [0.25, 0.3) is 5.91 Å². The van der Waals surface area contributed by atoms with E-state index < -0.39 is 27.3 Å². The molecule has 134 valence electrons. The number of aliphatic carboxylic acids is 1. The molecule has 0 aliphatic rings. The molecule has 0 aliphatic heterocycles. The summed E-state index contributed by atoms with van der Waals surface area (Å²) >= 11 is 0. The number of amides is 1. The molecule has 0 saturated carbocycles. The van der Waals surface area contributed by atoms with E-state index in [1.165, 1.54) is 38.1 Å². The zero-order chi connectivity index (χ0) is 18.5. The van der Waals surface area contributed by atoms with Gasteiger partial charge in [0.1, 0.15) is 0 Å². The van der Waals surface area contributed by atoms with Crippen LogP contribution in [0.1, 0.15) is 44.5 Å². The summed E-state index contributed by atoms with van der Waals surface area (Å²) in [5.74, 6) is -1.47. The molecule has 0 radical (unpaired) electrons. The molecule has 0 heterocycles. The average Bonchev–Trinajstić information content (AvgIpc) is 2.52. The molecular formula is C16H24N2O5S. The molecule has 1 atom stereocenters. The molecule has 3 N–H and O–H groups in total. The Bertz CT molecular complexity index is 696. The molecule has 8 heteroatoms. The molecule has 0 saturated heterocycles. The van der Waals surface area contributed by atoms with E-state index in [9.17, 15) is 18.0 Å². The monoisotopic (exact) mass is 356 g/mol. The average molecular weight is 356 g/mol. The van der Waals surface area contributed by atoms with Crippen molar-refractivity contribution in [2.24, 2.45) is 5.41 Å². The van der Waals surface area contributed by atoms with Gasteiger partial charge in [0.2, 0.25) is 10.0 Å². The van der Waals surface area contributed by atoms with Gasteiger partial charge < -0.3 is 10.4 Å². The van der Waals surface area contributed by atoms with Gasteiger partial charge in [-0.15, -0.1) is 0 Å². The van der Waals surface area contributed by atoms with Crippen LogP contribution in [0.5, 0.6) is 0 Å². The molecule has 0 aromatic heterocycles. The Morgan fingerprint density at radius 2 is 1.75 bits per heavy atom. The minimum absolute atomic E-state index is 0.0310. The van der Waals surface area contributed by atoms with Crippen molar-refractivity contribution in [2.45, 2.75) is 45.1 Å². The highest BCUT2D eigenvalue weighted by Gasteiger charge is 2.27. The molecule has 1 unspecified atom stereocenters. The highest BCUT2D eigenvalue weighted by atomic mass is 32.2. The standard InChI is InChI=1S/C16H24N2O5S/c1-5-11(2)18-24(22,23)13-8-6-12(7-9-13)14(19)17-10-16(3,4)15(20)21/h6-9,11,18H,5,10H2,1-4H3,(H,17,19)(H,20,21). The fourth-order valence-electron chi connectivity index (χ4n) is 1.68. The van der Waals surface area contributed by atoms with Crippen LogP contribution in [0, 0.1) is 5.41 Å². The number of hydrogen-bond acceptors (Lipinski definition) is 4.